The molecule has 5 nitrogen and oxygen atoms in total. The molecule has 0 aliphatic carbocycles. The van der Waals surface area contributed by atoms with Crippen LogP contribution in [-0.2, 0) is 6.54 Å². The molecule has 4 aromatic rings. The molecule has 4 rings (SSSR count). The van der Waals surface area contributed by atoms with Crippen LogP contribution in [0.3, 0.4) is 0 Å². The Morgan fingerprint density at radius 1 is 1.00 bits per heavy atom. The Labute approximate surface area is 153 Å². The number of benzene rings is 2. The van der Waals surface area contributed by atoms with Gasteiger partial charge in [-0.2, -0.15) is 0 Å². The van der Waals surface area contributed by atoms with Gasteiger partial charge in [0.25, 0.3) is 0 Å². The number of carbonyl (C=O) groups excluding carboxylic acids is 1. The van der Waals surface area contributed by atoms with Crippen molar-refractivity contribution in [1.29, 1.82) is 0 Å². The number of aromatic nitrogens is 3. The number of H-pyrrole nitrogens is 1. The maximum atomic E-state index is 14.0. The van der Waals surface area contributed by atoms with E-state index in [1.807, 2.05) is 30.3 Å². The second-order valence-electron chi connectivity index (χ2n) is 5.91. The SMILES string of the molecule is O=C(c1c(F)cccc1F)c1c[nH]c2ncnc(NCc3ccccc3)c12. The lowest BCUT2D eigenvalue weighted by Gasteiger charge is -2.08. The standard InChI is InChI=1S/C20H14F2N4O/c21-14-7-4-8-15(22)17(14)18(27)13-10-24-20-16(13)19(25-11-26-20)23-9-12-5-2-1-3-6-12/h1-8,10-11H,9H2,(H2,23,24,25,26). The lowest BCUT2D eigenvalue weighted by Crippen LogP contribution is -2.08. The van der Waals surface area contributed by atoms with Crippen LogP contribution in [0.25, 0.3) is 11.0 Å². The number of rotatable bonds is 5. The summed E-state index contributed by atoms with van der Waals surface area (Å²) in [6.07, 6.45) is 2.74. The van der Waals surface area contributed by atoms with Gasteiger partial charge < -0.3 is 10.3 Å². The van der Waals surface area contributed by atoms with Gasteiger partial charge in [0, 0.05) is 12.7 Å². The lowest BCUT2D eigenvalue weighted by molar-refractivity contribution is 0.103. The molecular weight excluding hydrogens is 350 g/mol. The van der Waals surface area contributed by atoms with Gasteiger partial charge in [-0.15, -0.1) is 0 Å². The van der Waals surface area contributed by atoms with Crippen LogP contribution in [0, 0.1) is 11.6 Å². The van der Waals surface area contributed by atoms with E-state index in [9.17, 15) is 13.6 Å². The molecule has 0 saturated carbocycles. The first-order valence-corrected chi connectivity index (χ1v) is 8.23. The molecule has 7 heteroatoms. The highest BCUT2D eigenvalue weighted by Crippen LogP contribution is 2.27. The van der Waals surface area contributed by atoms with Crippen molar-refractivity contribution in [2.45, 2.75) is 6.54 Å². The molecule has 0 aliphatic heterocycles. The van der Waals surface area contributed by atoms with Crippen LogP contribution in [0.1, 0.15) is 21.5 Å². The van der Waals surface area contributed by atoms with Gasteiger partial charge in [0.1, 0.15) is 29.4 Å². The first-order chi connectivity index (χ1) is 13.1. The van der Waals surface area contributed by atoms with Crippen LogP contribution in [-0.4, -0.2) is 20.7 Å². The van der Waals surface area contributed by atoms with Crippen molar-refractivity contribution >= 4 is 22.6 Å². The average molecular weight is 364 g/mol. The number of halogens is 2. The van der Waals surface area contributed by atoms with Gasteiger partial charge in [0.15, 0.2) is 0 Å². The number of anilines is 1. The number of hydrogen-bond acceptors (Lipinski definition) is 4. The molecule has 2 aromatic heterocycles. The van der Waals surface area contributed by atoms with Crippen molar-refractivity contribution < 1.29 is 13.6 Å². The molecule has 0 amide bonds. The highest BCUT2D eigenvalue weighted by Gasteiger charge is 2.23. The first kappa shape index (κ1) is 16.8. The number of nitrogens with one attached hydrogen (secondary N) is 2. The molecule has 0 spiro atoms. The molecule has 2 heterocycles. The van der Waals surface area contributed by atoms with Crippen molar-refractivity contribution in [3.63, 3.8) is 0 Å². The number of carbonyl (C=O) groups is 1. The topological polar surface area (TPSA) is 70.7 Å². The number of aromatic amines is 1. The van der Waals surface area contributed by atoms with Crippen molar-refractivity contribution in [3.05, 3.63) is 89.4 Å². The minimum absolute atomic E-state index is 0.102. The fraction of sp³-hybridized carbons (Fsp3) is 0.0500. The third kappa shape index (κ3) is 3.15. The Balaban J connectivity index is 1.75. The van der Waals surface area contributed by atoms with Crippen LogP contribution in [0.2, 0.25) is 0 Å². The summed E-state index contributed by atoms with van der Waals surface area (Å²) >= 11 is 0. The molecule has 0 atom stereocenters. The van der Waals surface area contributed by atoms with E-state index in [0.717, 1.165) is 17.7 Å². The summed E-state index contributed by atoms with van der Waals surface area (Å²) in [7, 11) is 0. The smallest absolute Gasteiger partial charge is 0.201 e. The van der Waals surface area contributed by atoms with Gasteiger partial charge in [-0.1, -0.05) is 36.4 Å². The Morgan fingerprint density at radius 2 is 1.74 bits per heavy atom. The largest absolute Gasteiger partial charge is 0.365 e. The molecule has 2 aromatic carbocycles. The molecule has 0 aliphatic rings. The summed E-state index contributed by atoms with van der Waals surface area (Å²) in [5.74, 6) is -2.19. The molecule has 0 unspecified atom stereocenters. The highest BCUT2D eigenvalue weighted by atomic mass is 19.1. The second kappa shape index (κ2) is 6.95. The van der Waals surface area contributed by atoms with Crippen LogP contribution < -0.4 is 5.32 Å². The monoisotopic (exact) mass is 364 g/mol. The van der Waals surface area contributed by atoms with Crippen LogP contribution in [0.5, 0.6) is 0 Å². The molecule has 134 valence electrons. The number of fused-ring (bicyclic) bond motifs is 1. The van der Waals surface area contributed by atoms with E-state index < -0.39 is 23.0 Å². The number of nitrogens with zero attached hydrogens (tertiary/aromatic N) is 2. The van der Waals surface area contributed by atoms with E-state index in [0.29, 0.717) is 23.4 Å². The zero-order chi connectivity index (χ0) is 18.8. The van der Waals surface area contributed by atoms with Crippen molar-refractivity contribution in [2.75, 3.05) is 5.32 Å². The molecule has 0 radical (unpaired) electrons. The second-order valence-corrected chi connectivity index (χ2v) is 5.91. The molecular formula is C20H14F2N4O. The zero-order valence-corrected chi connectivity index (χ0v) is 14.0. The minimum atomic E-state index is -0.912. The van der Waals surface area contributed by atoms with E-state index >= 15 is 0 Å². The highest BCUT2D eigenvalue weighted by molar-refractivity contribution is 6.18. The Morgan fingerprint density at radius 3 is 2.48 bits per heavy atom. The molecule has 0 saturated heterocycles. The van der Waals surface area contributed by atoms with Gasteiger partial charge in [-0.25, -0.2) is 18.7 Å². The zero-order valence-electron chi connectivity index (χ0n) is 14.0. The number of hydrogen-bond donors (Lipinski definition) is 2. The van der Waals surface area contributed by atoms with E-state index in [2.05, 4.69) is 20.3 Å². The molecule has 0 fully saturated rings. The fourth-order valence-electron chi connectivity index (χ4n) is 2.91. The van der Waals surface area contributed by atoms with E-state index in [1.165, 1.54) is 18.6 Å². The third-order valence-electron chi connectivity index (χ3n) is 4.21. The van der Waals surface area contributed by atoms with Gasteiger partial charge in [0.05, 0.1) is 16.5 Å². The van der Waals surface area contributed by atoms with Gasteiger partial charge >= 0.3 is 0 Å². The molecule has 0 bridgehead atoms. The average Bonchev–Trinajstić information content (AvgIpc) is 3.12. The van der Waals surface area contributed by atoms with Crippen LogP contribution >= 0.6 is 0 Å². The van der Waals surface area contributed by atoms with Gasteiger partial charge in [0.2, 0.25) is 5.78 Å². The Bertz CT molecular complexity index is 1110. The van der Waals surface area contributed by atoms with Gasteiger partial charge in [-0.05, 0) is 17.7 Å². The summed E-state index contributed by atoms with van der Waals surface area (Å²) in [5, 5.41) is 3.55. The molecule has 27 heavy (non-hydrogen) atoms. The first-order valence-electron chi connectivity index (χ1n) is 8.23. The van der Waals surface area contributed by atoms with E-state index in [1.54, 1.807) is 0 Å². The maximum Gasteiger partial charge on any atom is 0.201 e. The summed E-state index contributed by atoms with van der Waals surface area (Å²) in [4.78, 5) is 24.0. The van der Waals surface area contributed by atoms with E-state index in [-0.39, 0.29) is 5.56 Å². The molecule has 2 N–H and O–H groups in total. The fourth-order valence-corrected chi connectivity index (χ4v) is 2.91. The van der Waals surface area contributed by atoms with Crippen molar-refractivity contribution in [2.24, 2.45) is 0 Å². The minimum Gasteiger partial charge on any atom is -0.365 e. The Kier molecular flexibility index (Phi) is 4.33. The van der Waals surface area contributed by atoms with Crippen LogP contribution in [0.4, 0.5) is 14.6 Å². The van der Waals surface area contributed by atoms with E-state index in [4.69, 9.17) is 0 Å². The number of ketones is 1. The van der Waals surface area contributed by atoms with Crippen molar-refractivity contribution in [1.82, 2.24) is 15.0 Å². The summed E-state index contributed by atoms with van der Waals surface area (Å²) in [5.41, 5.74) is 0.926. The van der Waals surface area contributed by atoms with Crippen LogP contribution in [0.15, 0.2) is 61.1 Å². The summed E-state index contributed by atoms with van der Waals surface area (Å²) < 4.78 is 28.1. The van der Waals surface area contributed by atoms with Crippen molar-refractivity contribution in [3.8, 4) is 0 Å². The quantitative estimate of drug-likeness (QED) is 0.524. The normalized spacial score (nSPS) is 10.9. The predicted molar refractivity (Wildman–Crippen MR) is 97.4 cm³/mol. The summed E-state index contributed by atoms with van der Waals surface area (Å²) in [6, 6.07) is 13.0. The Hall–Kier alpha value is -3.61. The predicted octanol–water partition coefficient (Wildman–Crippen LogP) is 4.08. The third-order valence-corrected chi connectivity index (χ3v) is 4.21. The lowest BCUT2D eigenvalue weighted by atomic mass is 10.0. The summed E-state index contributed by atoms with van der Waals surface area (Å²) in [6.45, 7) is 0.472. The maximum absolute atomic E-state index is 14.0. The van der Waals surface area contributed by atoms with Gasteiger partial charge in [-0.3, -0.25) is 4.79 Å².